The molecule has 0 heterocycles. The smallest absolute Gasteiger partial charge is 0.250 e. The number of hydrogen-bond donors (Lipinski definition) is 0. The van der Waals surface area contributed by atoms with Crippen LogP contribution in [-0.4, -0.2) is 8.32 Å². The fraction of sp³-hybridized carbons (Fsp3) is 0.429. The van der Waals surface area contributed by atoms with Crippen LogP contribution < -0.4 is 4.43 Å². The third-order valence-electron chi connectivity index (χ3n) is 3.35. The van der Waals surface area contributed by atoms with Gasteiger partial charge in [-0.2, -0.15) is 0 Å². The summed E-state index contributed by atoms with van der Waals surface area (Å²) < 4.78 is 7.27. The van der Waals surface area contributed by atoms with Gasteiger partial charge in [0.1, 0.15) is 5.75 Å². The zero-order valence-corrected chi connectivity index (χ0v) is 15.7. The van der Waals surface area contributed by atoms with Gasteiger partial charge in [-0.15, -0.1) is 0 Å². The van der Waals surface area contributed by atoms with Gasteiger partial charge in [-0.05, 0) is 62.1 Å². The Morgan fingerprint density at radius 1 is 1.17 bits per heavy atom. The van der Waals surface area contributed by atoms with Crippen molar-refractivity contribution in [1.29, 1.82) is 0 Å². The van der Waals surface area contributed by atoms with Crippen molar-refractivity contribution >= 4 is 46.3 Å². The summed E-state index contributed by atoms with van der Waals surface area (Å²) in [4.78, 5) is 0. The Morgan fingerprint density at radius 2 is 1.72 bits per heavy atom. The van der Waals surface area contributed by atoms with Gasteiger partial charge in [0.2, 0.25) is 0 Å². The Kier molecular flexibility index (Phi) is 5.27. The summed E-state index contributed by atoms with van der Waals surface area (Å²) in [6, 6.07) is 8.13. The summed E-state index contributed by atoms with van der Waals surface area (Å²) in [5.41, 5.74) is 1.09. The molecule has 0 atom stereocenters. The molecule has 0 aliphatic carbocycles. The summed E-state index contributed by atoms with van der Waals surface area (Å²) >= 11 is 6.80. The van der Waals surface area contributed by atoms with E-state index in [2.05, 4.69) is 71.8 Å². The number of hydrogen-bond acceptors (Lipinski definition) is 1. The quantitative estimate of drug-likeness (QED) is 0.560. The molecular weight excluding hydrogens is 372 g/mol. The molecule has 0 radical (unpaired) electrons. The minimum absolute atomic E-state index is 0.204. The van der Waals surface area contributed by atoms with E-state index in [1.54, 1.807) is 0 Å². The van der Waals surface area contributed by atoms with E-state index in [4.69, 9.17) is 4.43 Å². The Morgan fingerprint density at radius 3 is 2.22 bits per heavy atom. The predicted molar refractivity (Wildman–Crippen MR) is 90.1 cm³/mol. The molecule has 0 aliphatic heterocycles. The summed E-state index contributed by atoms with van der Waals surface area (Å²) in [7, 11) is -1.79. The van der Waals surface area contributed by atoms with Crippen molar-refractivity contribution < 1.29 is 4.43 Å². The number of halogens is 2. The fourth-order valence-corrected chi connectivity index (χ4v) is 2.77. The standard InChI is InChI=1S/C14H20Br2OSi/c1-14(2,3)18(4,5)17-12-9-7-6-8-11(12)10-13(15)16/h6-10H,1-5H3. The molecule has 1 aromatic carbocycles. The maximum absolute atomic E-state index is 6.35. The number of benzene rings is 1. The summed E-state index contributed by atoms with van der Waals surface area (Å²) in [6.07, 6.45) is 2.02. The van der Waals surface area contributed by atoms with Crippen molar-refractivity contribution in [1.82, 2.24) is 0 Å². The molecule has 0 N–H and O–H groups in total. The normalized spacial score (nSPS) is 12.2. The van der Waals surface area contributed by atoms with Gasteiger partial charge in [0.15, 0.2) is 0 Å². The molecular formula is C14H20Br2OSi. The van der Waals surface area contributed by atoms with Crippen LogP contribution in [0.1, 0.15) is 26.3 Å². The Balaban J connectivity index is 3.09. The van der Waals surface area contributed by atoms with E-state index in [0.717, 1.165) is 14.7 Å². The predicted octanol–water partition coefficient (Wildman–Crippen LogP) is 6.16. The van der Waals surface area contributed by atoms with Crippen LogP contribution in [0.3, 0.4) is 0 Å². The molecule has 0 fully saturated rings. The number of para-hydroxylation sites is 1. The highest BCUT2D eigenvalue weighted by molar-refractivity contribution is 9.28. The zero-order chi connectivity index (χ0) is 14.0. The molecule has 1 rings (SSSR count). The van der Waals surface area contributed by atoms with Gasteiger partial charge in [-0.25, -0.2) is 0 Å². The molecule has 0 amide bonds. The molecule has 1 aromatic rings. The van der Waals surface area contributed by atoms with Gasteiger partial charge >= 0.3 is 0 Å². The van der Waals surface area contributed by atoms with Crippen LogP contribution in [0.15, 0.2) is 27.7 Å². The molecule has 0 unspecified atom stereocenters. The van der Waals surface area contributed by atoms with Crippen LogP contribution in [0.5, 0.6) is 5.75 Å². The first-order valence-electron chi connectivity index (χ1n) is 5.94. The molecule has 18 heavy (non-hydrogen) atoms. The highest BCUT2D eigenvalue weighted by atomic mass is 79.9. The number of rotatable bonds is 3. The summed E-state index contributed by atoms with van der Waals surface area (Å²) in [6.45, 7) is 11.3. The second-order valence-electron chi connectivity index (χ2n) is 5.83. The van der Waals surface area contributed by atoms with E-state index in [9.17, 15) is 0 Å². The van der Waals surface area contributed by atoms with Crippen molar-refractivity contribution in [3.05, 3.63) is 33.2 Å². The maximum Gasteiger partial charge on any atom is 0.250 e. The van der Waals surface area contributed by atoms with Crippen LogP contribution in [0.2, 0.25) is 18.1 Å². The maximum atomic E-state index is 6.35. The molecule has 0 saturated carbocycles. The minimum atomic E-state index is -1.79. The lowest BCUT2D eigenvalue weighted by molar-refractivity contribution is 0.491. The van der Waals surface area contributed by atoms with Crippen LogP contribution in [0.25, 0.3) is 6.08 Å². The van der Waals surface area contributed by atoms with Gasteiger partial charge in [-0.1, -0.05) is 39.0 Å². The second kappa shape index (κ2) is 5.93. The first-order chi connectivity index (χ1) is 8.13. The van der Waals surface area contributed by atoms with Gasteiger partial charge in [0.05, 0.1) is 3.39 Å². The van der Waals surface area contributed by atoms with E-state index in [-0.39, 0.29) is 5.04 Å². The van der Waals surface area contributed by atoms with Crippen molar-refractivity contribution in [3.8, 4) is 5.75 Å². The lowest BCUT2D eigenvalue weighted by Crippen LogP contribution is -2.44. The van der Waals surface area contributed by atoms with Crippen LogP contribution in [0, 0.1) is 0 Å². The molecule has 4 heteroatoms. The van der Waals surface area contributed by atoms with Gasteiger partial charge in [0, 0.05) is 5.56 Å². The van der Waals surface area contributed by atoms with Crippen molar-refractivity contribution in [2.45, 2.75) is 38.9 Å². The molecule has 0 spiro atoms. The topological polar surface area (TPSA) is 9.23 Å². The highest BCUT2D eigenvalue weighted by Crippen LogP contribution is 2.38. The first kappa shape index (κ1) is 16.0. The van der Waals surface area contributed by atoms with E-state index in [1.165, 1.54) is 0 Å². The molecule has 1 nitrogen and oxygen atoms in total. The monoisotopic (exact) mass is 390 g/mol. The van der Waals surface area contributed by atoms with Gasteiger partial charge in [0.25, 0.3) is 8.32 Å². The molecule has 0 saturated heterocycles. The molecule has 0 bridgehead atoms. The Bertz CT molecular complexity index is 443. The van der Waals surface area contributed by atoms with E-state index in [1.807, 2.05) is 24.3 Å². The van der Waals surface area contributed by atoms with Crippen LogP contribution >= 0.6 is 31.9 Å². The zero-order valence-electron chi connectivity index (χ0n) is 11.6. The largest absolute Gasteiger partial charge is 0.543 e. The van der Waals surface area contributed by atoms with E-state index in [0.29, 0.717) is 0 Å². The lowest BCUT2D eigenvalue weighted by atomic mass is 10.2. The van der Waals surface area contributed by atoms with Crippen LogP contribution in [-0.2, 0) is 0 Å². The molecule has 0 aromatic heterocycles. The van der Waals surface area contributed by atoms with Crippen molar-refractivity contribution in [2.24, 2.45) is 0 Å². The SMILES string of the molecule is CC(C)(C)[Si](C)(C)Oc1ccccc1C=C(Br)Br. The fourth-order valence-electron chi connectivity index (χ4n) is 1.24. The highest BCUT2D eigenvalue weighted by Gasteiger charge is 2.39. The average molecular weight is 392 g/mol. The molecule has 100 valence electrons. The van der Waals surface area contributed by atoms with E-state index < -0.39 is 8.32 Å². The van der Waals surface area contributed by atoms with Gasteiger partial charge < -0.3 is 4.43 Å². The second-order valence-corrected chi connectivity index (χ2v) is 13.3. The van der Waals surface area contributed by atoms with Crippen molar-refractivity contribution in [3.63, 3.8) is 0 Å². The Labute approximate surface area is 128 Å². The summed E-state index contributed by atoms with van der Waals surface area (Å²) in [5.74, 6) is 0.959. The third-order valence-corrected chi connectivity index (χ3v) is 8.16. The molecule has 0 aliphatic rings. The van der Waals surface area contributed by atoms with Crippen LogP contribution in [0.4, 0.5) is 0 Å². The first-order valence-corrected chi connectivity index (χ1v) is 10.4. The minimum Gasteiger partial charge on any atom is -0.543 e. The third kappa shape index (κ3) is 4.25. The van der Waals surface area contributed by atoms with Gasteiger partial charge in [-0.3, -0.25) is 0 Å². The van der Waals surface area contributed by atoms with Crippen molar-refractivity contribution in [2.75, 3.05) is 0 Å². The average Bonchev–Trinajstić information content (AvgIpc) is 2.18. The van der Waals surface area contributed by atoms with E-state index >= 15 is 0 Å². The summed E-state index contributed by atoms with van der Waals surface area (Å²) in [5, 5.41) is 0.204. The lowest BCUT2D eigenvalue weighted by Gasteiger charge is -2.36. The Hall–Kier alpha value is -0.0631.